The SMILES string of the molecule is CCOC(=O)CCSc1ccc(N)nc1C#N. The molecule has 0 saturated carbocycles. The number of rotatable bonds is 5. The Hall–Kier alpha value is -1.74. The van der Waals surface area contributed by atoms with E-state index in [-0.39, 0.29) is 5.97 Å². The van der Waals surface area contributed by atoms with Crippen molar-refractivity contribution in [2.24, 2.45) is 0 Å². The molecule has 1 heterocycles. The molecular weight excluding hydrogens is 238 g/mol. The molecule has 0 saturated heterocycles. The molecule has 0 aliphatic heterocycles. The lowest BCUT2D eigenvalue weighted by Crippen LogP contribution is -2.04. The number of nitrogen functional groups attached to an aromatic ring is 1. The maximum absolute atomic E-state index is 11.1. The first-order valence-corrected chi connectivity index (χ1v) is 6.11. The third-order valence-electron chi connectivity index (χ3n) is 1.85. The molecule has 17 heavy (non-hydrogen) atoms. The van der Waals surface area contributed by atoms with Gasteiger partial charge in [-0.05, 0) is 19.1 Å². The van der Waals surface area contributed by atoms with Crippen molar-refractivity contribution in [3.8, 4) is 6.07 Å². The van der Waals surface area contributed by atoms with Crippen molar-refractivity contribution in [3.63, 3.8) is 0 Å². The first-order chi connectivity index (χ1) is 8.17. The number of nitriles is 1. The molecule has 0 amide bonds. The van der Waals surface area contributed by atoms with Crippen LogP contribution < -0.4 is 5.73 Å². The van der Waals surface area contributed by atoms with Crippen LogP contribution in [-0.4, -0.2) is 23.3 Å². The summed E-state index contributed by atoms with van der Waals surface area (Å²) in [6.45, 7) is 2.15. The molecule has 0 aliphatic carbocycles. The lowest BCUT2D eigenvalue weighted by molar-refractivity contribution is -0.142. The van der Waals surface area contributed by atoms with E-state index in [4.69, 9.17) is 15.7 Å². The molecule has 1 aromatic heterocycles. The van der Waals surface area contributed by atoms with Gasteiger partial charge in [0.05, 0.1) is 13.0 Å². The molecule has 0 aliphatic rings. The molecule has 0 spiro atoms. The second-order valence-electron chi connectivity index (χ2n) is 3.10. The minimum Gasteiger partial charge on any atom is -0.466 e. The smallest absolute Gasteiger partial charge is 0.306 e. The molecule has 5 nitrogen and oxygen atoms in total. The molecule has 1 rings (SSSR count). The fourth-order valence-electron chi connectivity index (χ4n) is 1.14. The Morgan fingerprint density at radius 3 is 3.06 bits per heavy atom. The minimum absolute atomic E-state index is 0.234. The number of pyridine rings is 1. The van der Waals surface area contributed by atoms with Crippen LogP contribution in [0.15, 0.2) is 17.0 Å². The number of anilines is 1. The van der Waals surface area contributed by atoms with Gasteiger partial charge < -0.3 is 10.5 Å². The van der Waals surface area contributed by atoms with E-state index in [1.54, 1.807) is 19.1 Å². The van der Waals surface area contributed by atoms with Crippen LogP contribution >= 0.6 is 11.8 Å². The van der Waals surface area contributed by atoms with E-state index in [2.05, 4.69) is 4.98 Å². The summed E-state index contributed by atoms with van der Waals surface area (Å²) in [6.07, 6.45) is 0.313. The van der Waals surface area contributed by atoms with E-state index in [0.717, 1.165) is 4.90 Å². The zero-order chi connectivity index (χ0) is 12.7. The predicted octanol–water partition coefficient (Wildman–Crippen LogP) is 1.58. The van der Waals surface area contributed by atoms with Crippen LogP contribution in [0.2, 0.25) is 0 Å². The molecule has 0 bridgehead atoms. The fraction of sp³-hybridized carbons (Fsp3) is 0.364. The number of aromatic nitrogens is 1. The molecule has 2 N–H and O–H groups in total. The minimum atomic E-state index is -0.234. The van der Waals surface area contributed by atoms with Gasteiger partial charge in [0.2, 0.25) is 0 Å². The average Bonchev–Trinajstić information content (AvgIpc) is 2.31. The van der Waals surface area contributed by atoms with Crippen molar-refractivity contribution in [1.29, 1.82) is 5.26 Å². The normalized spacial score (nSPS) is 9.65. The van der Waals surface area contributed by atoms with Crippen LogP contribution in [0.25, 0.3) is 0 Å². The summed E-state index contributed by atoms with van der Waals surface area (Å²) in [5, 5.41) is 8.86. The Balaban J connectivity index is 2.52. The van der Waals surface area contributed by atoms with Gasteiger partial charge in [-0.1, -0.05) is 0 Å². The number of carbonyl (C=O) groups is 1. The number of ether oxygens (including phenoxy) is 1. The van der Waals surface area contributed by atoms with Gasteiger partial charge in [-0.3, -0.25) is 4.79 Å². The molecule has 6 heteroatoms. The van der Waals surface area contributed by atoms with Gasteiger partial charge in [-0.2, -0.15) is 5.26 Å². The molecule has 90 valence electrons. The quantitative estimate of drug-likeness (QED) is 0.631. The van der Waals surface area contributed by atoms with Crippen LogP contribution in [0.1, 0.15) is 19.0 Å². The number of hydrogen-bond donors (Lipinski definition) is 1. The van der Waals surface area contributed by atoms with Crippen LogP contribution in [0, 0.1) is 11.3 Å². The lowest BCUT2D eigenvalue weighted by Gasteiger charge is -2.04. The van der Waals surface area contributed by atoms with Crippen LogP contribution in [0.4, 0.5) is 5.82 Å². The van der Waals surface area contributed by atoms with Crippen molar-refractivity contribution in [2.75, 3.05) is 18.1 Å². The molecule has 0 radical (unpaired) electrons. The highest BCUT2D eigenvalue weighted by atomic mass is 32.2. The Morgan fingerprint density at radius 1 is 1.65 bits per heavy atom. The van der Waals surface area contributed by atoms with Gasteiger partial charge >= 0.3 is 5.97 Å². The van der Waals surface area contributed by atoms with E-state index in [1.807, 2.05) is 6.07 Å². The number of nitrogens with zero attached hydrogens (tertiary/aromatic N) is 2. The standard InChI is InChI=1S/C11H13N3O2S/c1-2-16-11(15)5-6-17-9-3-4-10(13)14-8(9)7-12/h3-4H,2,5-6H2,1H3,(H2,13,14). The average molecular weight is 251 g/mol. The maximum Gasteiger partial charge on any atom is 0.306 e. The van der Waals surface area contributed by atoms with Crippen molar-refractivity contribution in [1.82, 2.24) is 4.98 Å². The van der Waals surface area contributed by atoms with Crippen molar-refractivity contribution in [2.45, 2.75) is 18.2 Å². The predicted molar refractivity (Wildman–Crippen MR) is 65.3 cm³/mol. The van der Waals surface area contributed by atoms with E-state index in [9.17, 15) is 4.79 Å². The number of esters is 1. The zero-order valence-corrected chi connectivity index (χ0v) is 10.3. The maximum atomic E-state index is 11.1. The summed E-state index contributed by atoms with van der Waals surface area (Å²) in [5.74, 6) is 0.636. The topological polar surface area (TPSA) is 89.0 Å². The third kappa shape index (κ3) is 4.33. The highest BCUT2D eigenvalue weighted by molar-refractivity contribution is 7.99. The third-order valence-corrected chi connectivity index (χ3v) is 2.90. The van der Waals surface area contributed by atoms with Crippen molar-refractivity contribution < 1.29 is 9.53 Å². The van der Waals surface area contributed by atoms with Gasteiger partial charge in [0, 0.05) is 10.6 Å². The van der Waals surface area contributed by atoms with Crippen molar-refractivity contribution in [3.05, 3.63) is 17.8 Å². The largest absolute Gasteiger partial charge is 0.466 e. The Morgan fingerprint density at radius 2 is 2.41 bits per heavy atom. The Kier molecular flexibility index (Phi) is 5.30. The highest BCUT2D eigenvalue weighted by Crippen LogP contribution is 2.22. The van der Waals surface area contributed by atoms with Gasteiger partial charge in [-0.25, -0.2) is 4.98 Å². The molecular formula is C11H13N3O2S. The number of thioether (sulfide) groups is 1. The summed E-state index contributed by atoms with van der Waals surface area (Å²) in [5.41, 5.74) is 5.76. The molecule has 0 fully saturated rings. The van der Waals surface area contributed by atoms with Gasteiger partial charge in [-0.15, -0.1) is 11.8 Å². The summed E-state index contributed by atoms with van der Waals surface area (Å²) in [4.78, 5) is 15.7. The van der Waals surface area contributed by atoms with Gasteiger partial charge in [0.25, 0.3) is 0 Å². The second-order valence-corrected chi connectivity index (χ2v) is 4.23. The van der Waals surface area contributed by atoms with Crippen LogP contribution in [0.3, 0.4) is 0 Å². The highest BCUT2D eigenvalue weighted by Gasteiger charge is 2.07. The molecule has 1 aromatic rings. The summed E-state index contributed by atoms with van der Waals surface area (Å²) >= 11 is 1.39. The fourth-order valence-corrected chi connectivity index (χ4v) is 2.02. The van der Waals surface area contributed by atoms with E-state index in [1.165, 1.54) is 11.8 Å². The zero-order valence-electron chi connectivity index (χ0n) is 9.47. The number of nitrogens with two attached hydrogens (primary N) is 1. The summed E-state index contributed by atoms with van der Waals surface area (Å²) in [6, 6.07) is 5.34. The summed E-state index contributed by atoms with van der Waals surface area (Å²) in [7, 11) is 0. The molecule has 0 aromatic carbocycles. The van der Waals surface area contributed by atoms with Crippen molar-refractivity contribution >= 4 is 23.5 Å². The summed E-state index contributed by atoms with van der Waals surface area (Å²) < 4.78 is 4.80. The van der Waals surface area contributed by atoms with Crippen LogP contribution in [-0.2, 0) is 9.53 Å². The van der Waals surface area contributed by atoms with E-state index in [0.29, 0.717) is 30.3 Å². The number of hydrogen-bond acceptors (Lipinski definition) is 6. The Labute approximate surface area is 104 Å². The Bertz CT molecular complexity index is 443. The van der Waals surface area contributed by atoms with E-state index < -0.39 is 0 Å². The van der Waals surface area contributed by atoms with Crippen LogP contribution in [0.5, 0.6) is 0 Å². The second kappa shape index (κ2) is 6.76. The first kappa shape index (κ1) is 13.3. The number of carbonyl (C=O) groups excluding carboxylic acids is 1. The molecule has 0 atom stereocenters. The lowest BCUT2D eigenvalue weighted by atomic mass is 10.3. The van der Waals surface area contributed by atoms with E-state index >= 15 is 0 Å². The molecule has 0 unspecified atom stereocenters. The first-order valence-electron chi connectivity index (χ1n) is 5.12. The monoisotopic (exact) mass is 251 g/mol. The van der Waals surface area contributed by atoms with Gasteiger partial charge in [0.15, 0.2) is 5.69 Å². The van der Waals surface area contributed by atoms with Gasteiger partial charge in [0.1, 0.15) is 11.9 Å².